The van der Waals surface area contributed by atoms with Crippen LogP contribution in [0.4, 0.5) is 5.69 Å². The van der Waals surface area contributed by atoms with Gasteiger partial charge in [0.2, 0.25) is 0 Å². The highest BCUT2D eigenvalue weighted by Crippen LogP contribution is 2.16. The van der Waals surface area contributed by atoms with Crippen molar-refractivity contribution in [1.82, 2.24) is 10.3 Å². The smallest absolute Gasteiger partial charge is 0.255 e. The first-order chi connectivity index (χ1) is 13.1. The van der Waals surface area contributed by atoms with Gasteiger partial charge in [0.25, 0.3) is 11.8 Å². The van der Waals surface area contributed by atoms with E-state index in [1.165, 1.54) is 0 Å². The van der Waals surface area contributed by atoms with Crippen LogP contribution in [0.3, 0.4) is 0 Å². The fourth-order valence-corrected chi connectivity index (χ4v) is 2.72. The minimum atomic E-state index is -0.243. The van der Waals surface area contributed by atoms with Crippen molar-refractivity contribution in [3.05, 3.63) is 95.3 Å². The average Bonchev–Trinajstić information content (AvgIpc) is 2.69. The summed E-state index contributed by atoms with van der Waals surface area (Å²) in [5, 5.41) is 5.71. The Morgan fingerprint density at radius 1 is 0.926 bits per heavy atom. The van der Waals surface area contributed by atoms with Crippen molar-refractivity contribution in [3.63, 3.8) is 0 Å². The van der Waals surface area contributed by atoms with E-state index in [9.17, 15) is 9.59 Å². The predicted molar refractivity (Wildman–Crippen MR) is 106 cm³/mol. The van der Waals surface area contributed by atoms with Crippen LogP contribution in [0.5, 0.6) is 0 Å². The highest BCUT2D eigenvalue weighted by molar-refractivity contribution is 6.09. The topological polar surface area (TPSA) is 71.1 Å². The van der Waals surface area contributed by atoms with Crippen molar-refractivity contribution in [1.29, 1.82) is 0 Å². The minimum Gasteiger partial charge on any atom is -0.352 e. The lowest BCUT2D eigenvalue weighted by atomic mass is 10.1. The molecule has 1 heterocycles. The third-order valence-corrected chi connectivity index (χ3v) is 4.09. The van der Waals surface area contributed by atoms with Crippen LogP contribution in [0.2, 0.25) is 0 Å². The number of anilines is 1. The van der Waals surface area contributed by atoms with Gasteiger partial charge in [0.1, 0.15) is 0 Å². The summed E-state index contributed by atoms with van der Waals surface area (Å²) in [5.74, 6) is -0.474. The number of aryl methyl sites for hydroxylation is 1. The van der Waals surface area contributed by atoms with Gasteiger partial charge in [-0.3, -0.25) is 14.6 Å². The van der Waals surface area contributed by atoms with E-state index in [1.54, 1.807) is 36.5 Å². The molecule has 0 bridgehead atoms. The fourth-order valence-electron chi connectivity index (χ4n) is 2.72. The number of nitrogens with one attached hydrogen (secondary N) is 2. The number of pyridine rings is 1. The summed E-state index contributed by atoms with van der Waals surface area (Å²) in [6.45, 7) is 2.40. The normalized spacial score (nSPS) is 10.3. The third-order valence-electron chi connectivity index (χ3n) is 4.09. The summed E-state index contributed by atoms with van der Waals surface area (Å²) in [6, 6.07) is 20.0. The molecule has 0 radical (unpaired) electrons. The number of rotatable bonds is 6. The molecule has 0 spiro atoms. The molecule has 1 aromatic heterocycles. The second kappa shape index (κ2) is 8.76. The molecule has 136 valence electrons. The van der Waals surface area contributed by atoms with Gasteiger partial charge >= 0.3 is 0 Å². The first-order valence-corrected chi connectivity index (χ1v) is 8.78. The van der Waals surface area contributed by atoms with Crippen LogP contribution in [0.15, 0.2) is 72.9 Å². The minimum absolute atomic E-state index is 0.230. The van der Waals surface area contributed by atoms with E-state index >= 15 is 0 Å². The number of hydrogen-bond acceptors (Lipinski definition) is 3. The molecule has 5 nitrogen and oxygen atoms in total. The second-order valence-corrected chi connectivity index (χ2v) is 6.20. The standard InChI is InChI=1S/C22H21N3O2/c1-16-7-6-8-17(15-16)21(26)25-20-11-3-2-10-19(20)22(27)24-14-12-18-9-4-5-13-23-18/h2-11,13,15H,12,14H2,1H3,(H,24,27)(H,25,26). The Morgan fingerprint density at radius 3 is 2.52 bits per heavy atom. The second-order valence-electron chi connectivity index (χ2n) is 6.20. The summed E-state index contributed by atoms with van der Waals surface area (Å²) in [7, 11) is 0. The Balaban J connectivity index is 1.66. The van der Waals surface area contributed by atoms with Gasteiger partial charge in [0, 0.05) is 30.4 Å². The van der Waals surface area contributed by atoms with E-state index in [1.807, 2.05) is 43.3 Å². The van der Waals surface area contributed by atoms with Crippen LogP contribution in [0.1, 0.15) is 32.0 Å². The van der Waals surface area contributed by atoms with Crippen LogP contribution in [0.25, 0.3) is 0 Å². The number of nitrogens with zero attached hydrogens (tertiary/aromatic N) is 1. The number of carbonyl (C=O) groups is 2. The fraction of sp³-hybridized carbons (Fsp3) is 0.136. The van der Waals surface area contributed by atoms with Crippen LogP contribution in [0, 0.1) is 6.92 Å². The lowest BCUT2D eigenvalue weighted by Crippen LogP contribution is -2.27. The zero-order valence-corrected chi connectivity index (χ0v) is 15.1. The quantitative estimate of drug-likeness (QED) is 0.706. The summed E-state index contributed by atoms with van der Waals surface area (Å²) < 4.78 is 0. The predicted octanol–water partition coefficient (Wildman–Crippen LogP) is 3.61. The Morgan fingerprint density at radius 2 is 1.74 bits per heavy atom. The third kappa shape index (κ3) is 5.01. The highest BCUT2D eigenvalue weighted by Gasteiger charge is 2.14. The van der Waals surface area contributed by atoms with Crippen LogP contribution >= 0.6 is 0 Å². The van der Waals surface area contributed by atoms with E-state index in [4.69, 9.17) is 0 Å². The first kappa shape index (κ1) is 18.3. The molecule has 2 N–H and O–H groups in total. The molecule has 27 heavy (non-hydrogen) atoms. The molecule has 3 aromatic rings. The zero-order chi connectivity index (χ0) is 19.1. The van der Waals surface area contributed by atoms with E-state index in [0.717, 1.165) is 11.3 Å². The van der Waals surface area contributed by atoms with E-state index < -0.39 is 0 Å². The molecule has 0 aliphatic carbocycles. The molecule has 2 amide bonds. The first-order valence-electron chi connectivity index (χ1n) is 8.78. The number of amides is 2. The van der Waals surface area contributed by atoms with Crippen molar-refractivity contribution in [2.45, 2.75) is 13.3 Å². The Kier molecular flexibility index (Phi) is 5.94. The van der Waals surface area contributed by atoms with Crippen LogP contribution < -0.4 is 10.6 Å². The van der Waals surface area contributed by atoms with E-state index in [-0.39, 0.29) is 11.8 Å². The van der Waals surface area contributed by atoms with Crippen molar-refractivity contribution in [2.75, 3.05) is 11.9 Å². The largest absolute Gasteiger partial charge is 0.352 e. The maximum Gasteiger partial charge on any atom is 0.255 e. The average molecular weight is 359 g/mol. The SMILES string of the molecule is Cc1cccc(C(=O)Nc2ccccc2C(=O)NCCc2ccccn2)c1. The number of aromatic nitrogens is 1. The van der Waals surface area contributed by atoms with Crippen molar-refractivity contribution in [2.24, 2.45) is 0 Å². The number of benzene rings is 2. The van der Waals surface area contributed by atoms with E-state index in [2.05, 4.69) is 15.6 Å². The summed E-state index contributed by atoms with van der Waals surface area (Å²) in [4.78, 5) is 29.3. The number of para-hydroxylation sites is 1. The molecule has 0 saturated carbocycles. The Labute approximate surface area is 158 Å². The highest BCUT2D eigenvalue weighted by atomic mass is 16.2. The molecule has 0 aliphatic rings. The molecular weight excluding hydrogens is 338 g/mol. The van der Waals surface area contributed by atoms with Gasteiger partial charge < -0.3 is 10.6 Å². The van der Waals surface area contributed by atoms with Crippen molar-refractivity contribution in [3.8, 4) is 0 Å². The van der Waals surface area contributed by atoms with Gasteiger partial charge in [0.05, 0.1) is 11.3 Å². The van der Waals surface area contributed by atoms with Gasteiger partial charge in [-0.2, -0.15) is 0 Å². The zero-order valence-electron chi connectivity index (χ0n) is 15.1. The van der Waals surface area contributed by atoms with Gasteiger partial charge in [-0.15, -0.1) is 0 Å². The molecule has 5 heteroatoms. The van der Waals surface area contributed by atoms with Crippen molar-refractivity contribution >= 4 is 17.5 Å². The molecular formula is C22H21N3O2. The van der Waals surface area contributed by atoms with Gasteiger partial charge in [-0.1, -0.05) is 35.9 Å². The summed E-state index contributed by atoms with van der Waals surface area (Å²) >= 11 is 0. The summed E-state index contributed by atoms with van der Waals surface area (Å²) in [6.07, 6.45) is 2.37. The maximum absolute atomic E-state index is 12.5. The monoisotopic (exact) mass is 359 g/mol. The van der Waals surface area contributed by atoms with Gasteiger partial charge in [-0.25, -0.2) is 0 Å². The molecule has 0 fully saturated rings. The number of carbonyl (C=O) groups excluding carboxylic acids is 2. The van der Waals surface area contributed by atoms with E-state index in [0.29, 0.717) is 29.8 Å². The van der Waals surface area contributed by atoms with Crippen LogP contribution in [-0.4, -0.2) is 23.3 Å². The molecule has 0 atom stereocenters. The van der Waals surface area contributed by atoms with Crippen molar-refractivity contribution < 1.29 is 9.59 Å². The molecule has 0 unspecified atom stereocenters. The Hall–Kier alpha value is -3.47. The summed E-state index contributed by atoms with van der Waals surface area (Å²) in [5.41, 5.74) is 3.39. The van der Waals surface area contributed by atoms with Crippen LogP contribution in [-0.2, 0) is 6.42 Å². The molecule has 3 rings (SSSR count). The molecule has 2 aromatic carbocycles. The Bertz CT molecular complexity index is 939. The van der Waals surface area contributed by atoms with Gasteiger partial charge in [0.15, 0.2) is 0 Å². The van der Waals surface area contributed by atoms with Gasteiger partial charge in [-0.05, 0) is 43.3 Å². The number of hydrogen-bond donors (Lipinski definition) is 2. The maximum atomic E-state index is 12.5. The lowest BCUT2D eigenvalue weighted by Gasteiger charge is -2.12. The molecule has 0 saturated heterocycles. The lowest BCUT2D eigenvalue weighted by molar-refractivity contribution is 0.0955. The molecule has 0 aliphatic heterocycles.